The van der Waals surface area contributed by atoms with Crippen LogP contribution in [0, 0.1) is 0 Å². The van der Waals surface area contributed by atoms with Crippen LogP contribution >= 0.6 is 0 Å². The summed E-state index contributed by atoms with van der Waals surface area (Å²) in [5.41, 5.74) is 6.91. The first-order valence-electron chi connectivity index (χ1n) is 6.77. The highest BCUT2D eigenvalue weighted by Crippen LogP contribution is 2.36. The third-order valence-corrected chi connectivity index (χ3v) is 2.87. The summed E-state index contributed by atoms with van der Waals surface area (Å²) in [7, 11) is 0. The van der Waals surface area contributed by atoms with Gasteiger partial charge in [-0.25, -0.2) is 0 Å². The summed E-state index contributed by atoms with van der Waals surface area (Å²) in [4.78, 5) is 11.8. The lowest BCUT2D eigenvalue weighted by Gasteiger charge is -2.13. The molecule has 1 heterocycles. The highest BCUT2D eigenvalue weighted by molar-refractivity contribution is 5.94. The number of nitrogens with one attached hydrogen (secondary N) is 1. The number of rotatable bonds is 5. The fourth-order valence-electron chi connectivity index (χ4n) is 1.85. The van der Waals surface area contributed by atoms with Gasteiger partial charge in [0.1, 0.15) is 0 Å². The number of anilines is 2. The van der Waals surface area contributed by atoms with Crippen molar-refractivity contribution in [2.24, 2.45) is 0 Å². The van der Waals surface area contributed by atoms with Crippen LogP contribution in [0.4, 0.5) is 11.4 Å². The van der Waals surface area contributed by atoms with Gasteiger partial charge in [0.15, 0.2) is 11.5 Å². The number of nitrogen functional groups attached to an aromatic ring is 1. The van der Waals surface area contributed by atoms with E-state index < -0.39 is 0 Å². The first-order chi connectivity index (χ1) is 9.70. The Hall–Kier alpha value is -1.95. The number of hydrogen-bond acceptors (Lipinski definition) is 5. The van der Waals surface area contributed by atoms with Gasteiger partial charge in [-0.3, -0.25) is 4.79 Å². The smallest absolute Gasteiger partial charge is 0.226 e. The molecule has 110 valence electrons. The van der Waals surface area contributed by atoms with E-state index in [4.69, 9.17) is 19.9 Å². The maximum Gasteiger partial charge on any atom is 0.226 e. The number of carbonyl (C=O) groups excluding carboxylic acids is 1. The predicted molar refractivity (Wildman–Crippen MR) is 76.2 cm³/mol. The van der Waals surface area contributed by atoms with E-state index >= 15 is 0 Å². The van der Waals surface area contributed by atoms with E-state index in [2.05, 4.69) is 5.32 Å². The molecular formula is C14H20N2O4. The Morgan fingerprint density at radius 3 is 2.75 bits per heavy atom. The van der Waals surface area contributed by atoms with Crippen molar-refractivity contribution in [3.8, 4) is 11.5 Å². The second-order valence-corrected chi connectivity index (χ2v) is 4.43. The van der Waals surface area contributed by atoms with Crippen molar-refractivity contribution in [1.29, 1.82) is 0 Å². The van der Waals surface area contributed by atoms with Gasteiger partial charge in [0, 0.05) is 25.2 Å². The van der Waals surface area contributed by atoms with Crippen LogP contribution in [0.5, 0.6) is 11.5 Å². The molecule has 0 atom stereocenters. The van der Waals surface area contributed by atoms with Gasteiger partial charge in [-0.15, -0.1) is 0 Å². The number of carbonyl (C=O) groups is 1. The van der Waals surface area contributed by atoms with Crippen LogP contribution in [0.25, 0.3) is 0 Å². The van der Waals surface area contributed by atoms with Crippen LogP contribution in [0.1, 0.15) is 19.8 Å². The van der Waals surface area contributed by atoms with Gasteiger partial charge in [0.25, 0.3) is 0 Å². The first-order valence-corrected chi connectivity index (χ1v) is 6.77. The van der Waals surface area contributed by atoms with Gasteiger partial charge in [-0.2, -0.15) is 0 Å². The summed E-state index contributed by atoms with van der Waals surface area (Å²) in [5.74, 6) is 1.09. The predicted octanol–water partition coefficient (Wildman–Crippen LogP) is 1.80. The highest BCUT2D eigenvalue weighted by Gasteiger charge is 2.15. The minimum absolute atomic E-state index is 0.139. The third kappa shape index (κ3) is 3.77. The van der Waals surface area contributed by atoms with E-state index in [0.717, 1.165) is 6.42 Å². The average molecular weight is 280 g/mol. The molecule has 0 saturated heterocycles. The van der Waals surface area contributed by atoms with E-state index in [1.165, 1.54) is 0 Å². The van der Waals surface area contributed by atoms with Gasteiger partial charge in [-0.05, 0) is 6.92 Å². The SMILES string of the molecule is CCOCCC(=O)Nc1cc2c(cc1N)OCCCO2. The number of benzene rings is 1. The van der Waals surface area contributed by atoms with Crippen LogP contribution in [-0.4, -0.2) is 32.3 Å². The topological polar surface area (TPSA) is 82.8 Å². The van der Waals surface area contributed by atoms with Gasteiger partial charge < -0.3 is 25.3 Å². The normalized spacial score (nSPS) is 13.7. The molecule has 1 aliphatic rings. The van der Waals surface area contributed by atoms with Crippen LogP contribution < -0.4 is 20.5 Å². The summed E-state index contributed by atoms with van der Waals surface area (Å²) in [5, 5.41) is 2.76. The van der Waals surface area contributed by atoms with Gasteiger partial charge in [0.2, 0.25) is 5.91 Å². The number of fused-ring (bicyclic) bond motifs is 1. The summed E-state index contributed by atoms with van der Waals surface area (Å²) < 4.78 is 16.2. The summed E-state index contributed by atoms with van der Waals surface area (Å²) in [6, 6.07) is 3.38. The number of nitrogens with two attached hydrogens (primary N) is 1. The minimum Gasteiger partial charge on any atom is -0.489 e. The zero-order valence-electron chi connectivity index (χ0n) is 11.6. The van der Waals surface area contributed by atoms with Crippen molar-refractivity contribution in [2.75, 3.05) is 37.5 Å². The van der Waals surface area contributed by atoms with Crippen molar-refractivity contribution in [3.05, 3.63) is 12.1 Å². The Balaban J connectivity index is 2.04. The quantitative estimate of drug-likeness (QED) is 0.634. The Labute approximate surface area is 118 Å². The van der Waals surface area contributed by atoms with Crippen molar-refractivity contribution in [2.45, 2.75) is 19.8 Å². The second kappa shape index (κ2) is 7.00. The molecule has 6 heteroatoms. The maximum atomic E-state index is 11.8. The molecule has 1 aliphatic heterocycles. The zero-order chi connectivity index (χ0) is 14.4. The largest absolute Gasteiger partial charge is 0.489 e. The van der Waals surface area contributed by atoms with Crippen LogP contribution in [0.3, 0.4) is 0 Å². The van der Waals surface area contributed by atoms with Crippen LogP contribution in [-0.2, 0) is 9.53 Å². The lowest BCUT2D eigenvalue weighted by molar-refractivity contribution is -0.117. The minimum atomic E-state index is -0.139. The number of ether oxygens (including phenoxy) is 3. The van der Waals surface area contributed by atoms with Crippen LogP contribution in [0.2, 0.25) is 0 Å². The summed E-state index contributed by atoms with van der Waals surface area (Å²) >= 11 is 0. The third-order valence-electron chi connectivity index (χ3n) is 2.87. The van der Waals surface area contributed by atoms with Crippen molar-refractivity contribution in [1.82, 2.24) is 0 Å². The first kappa shape index (κ1) is 14.5. The average Bonchev–Trinajstić information content (AvgIpc) is 2.64. The van der Waals surface area contributed by atoms with E-state index in [0.29, 0.717) is 55.7 Å². The molecular weight excluding hydrogens is 260 g/mol. The fraction of sp³-hybridized carbons (Fsp3) is 0.500. The van der Waals surface area contributed by atoms with Gasteiger partial charge in [0.05, 0.1) is 37.6 Å². The number of hydrogen-bond donors (Lipinski definition) is 2. The molecule has 1 aromatic carbocycles. The van der Waals surface area contributed by atoms with Crippen molar-refractivity contribution in [3.63, 3.8) is 0 Å². The van der Waals surface area contributed by atoms with Crippen LogP contribution in [0.15, 0.2) is 12.1 Å². The van der Waals surface area contributed by atoms with E-state index in [9.17, 15) is 4.79 Å². The monoisotopic (exact) mass is 280 g/mol. The maximum absolute atomic E-state index is 11.8. The van der Waals surface area contributed by atoms with Crippen molar-refractivity contribution < 1.29 is 19.0 Å². The molecule has 20 heavy (non-hydrogen) atoms. The number of amides is 1. The molecule has 2 rings (SSSR count). The molecule has 0 bridgehead atoms. The molecule has 0 aromatic heterocycles. The summed E-state index contributed by atoms with van der Waals surface area (Å²) in [6.45, 7) is 4.08. The molecule has 6 nitrogen and oxygen atoms in total. The Bertz CT molecular complexity index is 476. The molecule has 0 saturated carbocycles. The van der Waals surface area contributed by atoms with E-state index in [1.54, 1.807) is 12.1 Å². The molecule has 0 aliphatic carbocycles. The fourth-order valence-corrected chi connectivity index (χ4v) is 1.85. The van der Waals surface area contributed by atoms with Gasteiger partial charge >= 0.3 is 0 Å². The zero-order valence-corrected chi connectivity index (χ0v) is 11.6. The molecule has 1 amide bonds. The Morgan fingerprint density at radius 1 is 1.35 bits per heavy atom. The molecule has 0 spiro atoms. The Kier molecular flexibility index (Phi) is 5.06. The molecule has 0 fully saturated rings. The lowest BCUT2D eigenvalue weighted by Crippen LogP contribution is -2.15. The summed E-state index contributed by atoms with van der Waals surface area (Å²) in [6.07, 6.45) is 1.12. The molecule has 3 N–H and O–H groups in total. The molecule has 0 unspecified atom stereocenters. The highest BCUT2D eigenvalue weighted by atomic mass is 16.5. The van der Waals surface area contributed by atoms with E-state index in [-0.39, 0.29) is 5.91 Å². The van der Waals surface area contributed by atoms with Gasteiger partial charge in [-0.1, -0.05) is 0 Å². The standard InChI is InChI=1S/C14H20N2O4/c1-2-18-7-4-14(17)16-11-9-13-12(8-10(11)15)19-5-3-6-20-13/h8-9H,2-7,15H2,1H3,(H,16,17). The second-order valence-electron chi connectivity index (χ2n) is 4.43. The molecule has 1 aromatic rings. The molecule has 0 radical (unpaired) electrons. The van der Waals surface area contributed by atoms with Crippen molar-refractivity contribution >= 4 is 17.3 Å². The van der Waals surface area contributed by atoms with E-state index in [1.807, 2.05) is 6.92 Å². The lowest BCUT2D eigenvalue weighted by atomic mass is 10.2. The Morgan fingerprint density at radius 2 is 2.05 bits per heavy atom.